The summed E-state index contributed by atoms with van der Waals surface area (Å²) < 4.78 is 18.4. The lowest BCUT2D eigenvalue weighted by molar-refractivity contribution is 0.218. The summed E-state index contributed by atoms with van der Waals surface area (Å²) in [5.41, 5.74) is 7.35. The Morgan fingerprint density at radius 2 is 2.19 bits per heavy atom. The van der Waals surface area contributed by atoms with E-state index in [1.54, 1.807) is 25.8 Å². The van der Waals surface area contributed by atoms with Crippen LogP contribution in [0.15, 0.2) is 17.0 Å². The molecule has 0 saturated carbocycles. The first-order valence-corrected chi connectivity index (χ1v) is 6.22. The van der Waals surface area contributed by atoms with Crippen molar-refractivity contribution in [2.45, 2.75) is 24.8 Å². The minimum atomic E-state index is -0.191. The lowest BCUT2D eigenvalue weighted by atomic mass is 10.1. The van der Waals surface area contributed by atoms with Crippen LogP contribution in [0.4, 0.5) is 4.39 Å². The summed E-state index contributed by atoms with van der Waals surface area (Å²) in [6.45, 7) is 4.31. The molecule has 0 bridgehead atoms. The minimum Gasteiger partial charge on any atom is -0.384 e. The zero-order valence-corrected chi connectivity index (χ0v) is 10.7. The van der Waals surface area contributed by atoms with Gasteiger partial charge in [-0.3, -0.25) is 0 Å². The fraction of sp³-hybridized carbons (Fsp3) is 0.500. The number of thioether (sulfide) groups is 1. The highest BCUT2D eigenvalue weighted by atomic mass is 32.2. The molecule has 0 saturated heterocycles. The highest BCUT2D eigenvalue weighted by molar-refractivity contribution is 7.99. The van der Waals surface area contributed by atoms with Crippen molar-refractivity contribution in [2.75, 3.05) is 19.5 Å². The molecule has 0 unspecified atom stereocenters. The maximum Gasteiger partial charge on any atom is 0.126 e. The molecule has 0 fully saturated rings. The van der Waals surface area contributed by atoms with E-state index in [1.165, 1.54) is 6.07 Å². The van der Waals surface area contributed by atoms with Crippen LogP contribution in [0.2, 0.25) is 0 Å². The van der Waals surface area contributed by atoms with E-state index in [1.807, 2.05) is 13.0 Å². The third-order valence-electron chi connectivity index (χ3n) is 2.33. The highest BCUT2D eigenvalue weighted by Crippen LogP contribution is 2.29. The smallest absolute Gasteiger partial charge is 0.126 e. The van der Waals surface area contributed by atoms with E-state index in [0.717, 1.165) is 16.2 Å². The van der Waals surface area contributed by atoms with Crippen LogP contribution in [-0.4, -0.2) is 19.5 Å². The summed E-state index contributed by atoms with van der Waals surface area (Å²) in [6.07, 6.45) is 0. The van der Waals surface area contributed by atoms with Crippen LogP contribution in [0.5, 0.6) is 0 Å². The van der Waals surface area contributed by atoms with E-state index in [0.29, 0.717) is 12.2 Å². The highest BCUT2D eigenvalue weighted by Gasteiger charge is 2.11. The molecule has 2 nitrogen and oxygen atoms in total. The van der Waals surface area contributed by atoms with Gasteiger partial charge in [0.25, 0.3) is 0 Å². The second-order valence-electron chi connectivity index (χ2n) is 3.77. The molecular formula is C12H18FNOS. The Hall–Kier alpha value is -0.580. The maximum absolute atomic E-state index is 13.4. The Bertz CT molecular complexity index is 355. The number of hydrogen-bond acceptors (Lipinski definition) is 3. The Morgan fingerprint density at radius 1 is 1.50 bits per heavy atom. The molecule has 90 valence electrons. The van der Waals surface area contributed by atoms with E-state index in [2.05, 4.69) is 0 Å². The number of ether oxygens (including phenoxy) is 1. The second-order valence-corrected chi connectivity index (χ2v) is 4.91. The molecule has 0 heterocycles. The zero-order chi connectivity index (χ0) is 12.1. The summed E-state index contributed by atoms with van der Waals surface area (Å²) >= 11 is 1.65. The zero-order valence-electron chi connectivity index (χ0n) is 9.92. The van der Waals surface area contributed by atoms with Crippen molar-refractivity contribution in [1.29, 1.82) is 0 Å². The van der Waals surface area contributed by atoms with Gasteiger partial charge in [-0.2, -0.15) is 0 Å². The maximum atomic E-state index is 13.4. The average Bonchev–Trinajstić information content (AvgIpc) is 2.23. The van der Waals surface area contributed by atoms with Crippen molar-refractivity contribution < 1.29 is 9.13 Å². The van der Waals surface area contributed by atoms with Crippen molar-refractivity contribution in [3.05, 3.63) is 29.1 Å². The van der Waals surface area contributed by atoms with Crippen LogP contribution >= 0.6 is 11.8 Å². The summed E-state index contributed by atoms with van der Waals surface area (Å²) in [6, 6.07) is 3.24. The molecule has 0 aliphatic heterocycles. The molecule has 0 spiro atoms. The number of hydrogen-bond donors (Lipinski definition) is 1. The quantitative estimate of drug-likeness (QED) is 0.638. The van der Waals surface area contributed by atoms with E-state index in [4.69, 9.17) is 10.5 Å². The van der Waals surface area contributed by atoms with Crippen molar-refractivity contribution >= 4 is 11.8 Å². The fourth-order valence-electron chi connectivity index (χ4n) is 1.39. The molecular weight excluding hydrogens is 225 g/mol. The lowest BCUT2D eigenvalue weighted by Crippen LogP contribution is -2.08. The third-order valence-corrected chi connectivity index (χ3v) is 3.36. The van der Waals surface area contributed by atoms with Gasteiger partial charge in [-0.15, -0.1) is 11.8 Å². The number of halogens is 1. The Balaban J connectivity index is 2.91. The van der Waals surface area contributed by atoms with E-state index < -0.39 is 0 Å². The normalized spacial score (nSPS) is 12.8. The van der Waals surface area contributed by atoms with Gasteiger partial charge in [-0.25, -0.2) is 4.39 Å². The molecule has 0 aromatic heterocycles. The number of aryl methyl sites for hydroxylation is 1. The molecule has 0 radical (unpaired) electrons. The average molecular weight is 243 g/mol. The number of benzene rings is 1. The van der Waals surface area contributed by atoms with Gasteiger partial charge in [0, 0.05) is 23.8 Å². The van der Waals surface area contributed by atoms with Gasteiger partial charge in [0.05, 0.1) is 6.61 Å². The molecule has 1 aromatic rings. The lowest BCUT2D eigenvalue weighted by Gasteiger charge is -2.13. The first-order valence-electron chi connectivity index (χ1n) is 5.23. The van der Waals surface area contributed by atoms with E-state index >= 15 is 0 Å². The van der Waals surface area contributed by atoms with E-state index in [-0.39, 0.29) is 11.9 Å². The number of rotatable bonds is 5. The van der Waals surface area contributed by atoms with Gasteiger partial charge in [0.1, 0.15) is 5.82 Å². The van der Waals surface area contributed by atoms with Crippen LogP contribution in [0.1, 0.15) is 24.1 Å². The standard InChI is InChI=1S/C12H18FNOS/c1-8-6-12(16-5-4-15-3)10(9(2)14)7-11(8)13/h6-7,9H,4-5,14H2,1-3H3/t9-/m0/s1. The van der Waals surface area contributed by atoms with Crippen molar-refractivity contribution in [3.8, 4) is 0 Å². The Morgan fingerprint density at radius 3 is 2.75 bits per heavy atom. The van der Waals surface area contributed by atoms with Crippen LogP contribution in [-0.2, 0) is 4.74 Å². The first-order chi connectivity index (χ1) is 7.56. The van der Waals surface area contributed by atoms with Crippen molar-refractivity contribution in [3.63, 3.8) is 0 Å². The molecule has 0 aliphatic rings. The van der Waals surface area contributed by atoms with E-state index in [9.17, 15) is 4.39 Å². The fourth-order valence-corrected chi connectivity index (χ4v) is 2.53. The first kappa shape index (κ1) is 13.5. The summed E-state index contributed by atoms with van der Waals surface area (Å²) in [7, 11) is 1.67. The third kappa shape index (κ3) is 3.47. The van der Waals surface area contributed by atoms with Crippen molar-refractivity contribution in [1.82, 2.24) is 0 Å². The topological polar surface area (TPSA) is 35.2 Å². The molecule has 4 heteroatoms. The van der Waals surface area contributed by atoms with Crippen LogP contribution in [0.3, 0.4) is 0 Å². The molecule has 16 heavy (non-hydrogen) atoms. The Kier molecular flexibility index (Phi) is 5.25. The SMILES string of the molecule is COCCSc1cc(C)c(F)cc1[C@H](C)N. The number of methoxy groups -OCH3 is 1. The molecule has 0 amide bonds. The molecule has 1 rings (SSSR count). The van der Waals surface area contributed by atoms with Crippen molar-refractivity contribution in [2.24, 2.45) is 5.73 Å². The predicted molar refractivity (Wildman–Crippen MR) is 66.3 cm³/mol. The molecule has 1 atom stereocenters. The molecule has 1 aromatic carbocycles. The van der Waals surface area contributed by atoms with Gasteiger partial charge in [0.15, 0.2) is 0 Å². The minimum absolute atomic E-state index is 0.153. The van der Waals surface area contributed by atoms with Crippen LogP contribution in [0.25, 0.3) is 0 Å². The largest absolute Gasteiger partial charge is 0.384 e. The monoisotopic (exact) mass is 243 g/mol. The van der Waals surface area contributed by atoms with Crippen LogP contribution < -0.4 is 5.73 Å². The summed E-state index contributed by atoms with van der Waals surface area (Å²) in [5.74, 6) is 0.657. The summed E-state index contributed by atoms with van der Waals surface area (Å²) in [5, 5.41) is 0. The van der Waals surface area contributed by atoms with Gasteiger partial charge < -0.3 is 10.5 Å². The van der Waals surface area contributed by atoms with Gasteiger partial charge in [0.2, 0.25) is 0 Å². The number of nitrogens with two attached hydrogens (primary N) is 1. The van der Waals surface area contributed by atoms with Gasteiger partial charge in [-0.1, -0.05) is 0 Å². The molecule has 2 N–H and O–H groups in total. The Labute approximate surface area is 100 Å². The summed E-state index contributed by atoms with van der Waals surface area (Å²) in [4.78, 5) is 1.05. The van der Waals surface area contributed by atoms with Crippen LogP contribution in [0, 0.1) is 12.7 Å². The second kappa shape index (κ2) is 6.23. The predicted octanol–water partition coefficient (Wildman–Crippen LogP) is 2.89. The van der Waals surface area contributed by atoms with Gasteiger partial charge >= 0.3 is 0 Å². The van der Waals surface area contributed by atoms with Gasteiger partial charge in [-0.05, 0) is 37.1 Å². The molecule has 0 aliphatic carbocycles.